The fraction of sp³-hybridized carbons (Fsp3) is 0.150. The van der Waals surface area contributed by atoms with Gasteiger partial charge in [-0.25, -0.2) is 9.97 Å². The minimum atomic E-state index is -0.541. The molecule has 0 aliphatic heterocycles. The first kappa shape index (κ1) is 19.0. The molecule has 28 heavy (non-hydrogen) atoms. The van der Waals surface area contributed by atoms with Crippen LogP contribution in [0.1, 0.15) is 28.4 Å². The summed E-state index contributed by atoms with van der Waals surface area (Å²) in [5.41, 5.74) is 3.60. The summed E-state index contributed by atoms with van der Waals surface area (Å²) in [6, 6.07) is 12.3. The largest absolute Gasteiger partial charge is 0.353 e. The second-order valence-electron chi connectivity index (χ2n) is 6.36. The Balaban J connectivity index is 1.97. The van der Waals surface area contributed by atoms with Crippen LogP contribution in [0.15, 0.2) is 48.8 Å². The lowest BCUT2D eigenvalue weighted by Gasteiger charge is -2.11. The fourth-order valence-electron chi connectivity index (χ4n) is 2.64. The molecule has 2 aromatic carbocycles. The molecule has 0 saturated carbocycles. The van der Waals surface area contributed by atoms with Gasteiger partial charge in [-0.1, -0.05) is 18.2 Å². The molecule has 142 valence electrons. The number of carbonyl (C=O) groups excluding carboxylic acids is 1. The number of Topliss-reactive ketones (excluding diaryl/α,β-unsaturated/α-hetero) is 1. The molecule has 3 rings (SSSR count). The summed E-state index contributed by atoms with van der Waals surface area (Å²) in [7, 11) is 0. The van der Waals surface area contributed by atoms with Crippen molar-refractivity contribution in [3.63, 3.8) is 0 Å². The third kappa shape index (κ3) is 4.12. The van der Waals surface area contributed by atoms with Crippen LogP contribution in [-0.2, 0) is 0 Å². The maximum atomic E-state index is 11.7. The quantitative estimate of drug-likeness (QED) is 0.364. The average Bonchev–Trinajstić information content (AvgIpc) is 2.65. The van der Waals surface area contributed by atoms with Crippen molar-refractivity contribution >= 4 is 34.5 Å². The van der Waals surface area contributed by atoms with Crippen molar-refractivity contribution in [1.29, 1.82) is 0 Å². The van der Waals surface area contributed by atoms with Crippen LogP contribution in [0.4, 0.5) is 28.7 Å². The standard InChI is InChI=1S/C20H19N5O3/c1-12-7-8-17(9-13(12)2)24-20-18(25(27)28)19(21-11-22-20)23-16-6-4-5-15(10-16)14(3)26/h4-11H,1-3H3,(H2,21,22,23,24). The highest BCUT2D eigenvalue weighted by Crippen LogP contribution is 2.33. The lowest BCUT2D eigenvalue weighted by atomic mass is 10.1. The van der Waals surface area contributed by atoms with E-state index in [2.05, 4.69) is 20.6 Å². The minimum absolute atomic E-state index is 0.0343. The molecule has 0 saturated heterocycles. The van der Waals surface area contributed by atoms with E-state index >= 15 is 0 Å². The van der Waals surface area contributed by atoms with Crippen molar-refractivity contribution in [2.75, 3.05) is 10.6 Å². The van der Waals surface area contributed by atoms with Crippen molar-refractivity contribution in [2.24, 2.45) is 0 Å². The van der Waals surface area contributed by atoms with Gasteiger partial charge in [0.25, 0.3) is 0 Å². The topological polar surface area (TPSA) is 110 Å². The third-order valence-electron chi connectivity index (χ3n) is 4.31. The van der Waals surface area contributed by atoms with E-state index in [1.165, 1.54) is 13.3 Å². The van der Waals surface area contributed by atoms with E-state index in [0.717, 1.165) is 11.1 Å². The molecule has 0 spiro atoms. The van der Waals surface area contributed by atoms with Crippen molar-refractivity contribution < 1.29 is 9.72 Å². The summed E-state index contributed by atoms with van der Waals surface area (Å²) in [4.78, 5) is 30.8. The maximum Gasteiger partial charge on any atom is 0.353 e. The van der Waals surface area contributed by atoms with Gasteiger partial charge in [0.2, 0.25) is 11.6 Å². The van der Waals surface area contributed by atoms with Crippen molar-refractivity contribution in [3.05, 3.63) is 75.6 Å². The average molecular weight is 377 g/mol. The number of nitrogens with zero attached hydrogens (tertiary/aromatic N) is 3. The predicted octanol–water partition coefficient (Wildman–Crippen LogP) is 4.69. The molecule has 0 amide bonds. The number of aryl methyl sites for hydroxylation is 2. The van der Waals surface area contributed by atoms with Crippen molar-refractivity contribution in [3.8, 4) is 0 Å². The smallest absolute Gasteiger partial charge is 0.334 e. The van der Waals surface area contributed by atoms with Gasteiger partial charge in [-0.15, -0.1) is 0 Å². The number of rotatable bonds is 6. The monoisotopic (exact) mass is 377 g/mol. The number of carbonyl (C=O) groups is 1. The molecule has 2 N–H and O–H groups in total. The van der Waals surface area contributed by atoms with Gasteiger partial charge in [-0.2, -0.15) is 0 Å². The van der Waals surface area contributed by atoms with Gasteiger partial charge in [0.1, 0.15) is 6.33 Å². The number of nitro groups is 1. The maximum absolute atomic E-state index is 11.7. The number of hydrogen-bond acceptors (Lipinski definition) is 7. The summed E-state index contributed by atoms with van der Waals surface area (Å²) in [6.07, 6.45) is 1.24. The molecule has 1 aromatic heterocycles. The molecule has 1 heterocycles. The second-order valence-corrected chi connectivity index (χ2v) is 6.36. The molecular formula is C20H19N5O3. The van der Waals surface area contributed by atoms with Gasteiger partial charge in [0.15, 0.2) is 5.78 Å². The molecule has 0 atom stereocenters. The highest BCUT2D eigenvalue weighted by atomic mass is 16.6. The number of anilines is 4. The van der Waals surface area contributed by atoms with Crippen LogP contribution in [0.3, 0.4) is 0 Å². The van der Waals surface area contributed by atoms with Gasteiger partial charge >= 0.3 is 5.69 Å². The van der Waals surface area contributed by atoms with Crippen molar-refractivity contribution in [1.82, 2.24) is 9.97 Å². The fourth-order valence-corrected chi connectivity index (χ4v) is 2.64. The Labute approximate surface area is 161 Å². The van der Waals surface area contributed by atoms with Gasteiger partial charge < -0.3 is 10.6 Å². The number of hydrogen-bond donors (Lipinski definition) is 2. The Kier molecular flexibility index (Phi) is 5.30. The molecule has 8 nitrogen and oxygen atoms in total. The van der Waals surface area contributed by atoms with Crippen LogP contribution in [0.5, 0.6) is 0 Å². The lowest BCUT2D eigenvalue weighted by Crippen LogP contribution is -2.06. The van der Waals surface area contributed by atoms with Crippen LogP contribution in [0.25, 0.3) is 0 Å². The van der Waals surface area contributed by atoms with Crippen LogP contribution in [-0.4, -0.2) is 20.7 Å². The van der Waals surface area contributed by atoms with Gasteiger partial charge in [-0.3, -0.25) is 14.9 Å². The van der Waals surface area contributed by atoms with E-state index < -0.39 is 4.92 Å². The third-order valence-corrected chi connectivity index (χ3v) is 4.31. The van der Waals surface area contributed by atoms with Gasteiger partial charge in [0, 0.05) is 16.9 Å². The molecule has 3 aromatic rings. The first-order valence-corrected chi connectivity index (χ1v) is 8.57. The molecular weight excluding hydrogens is 358 g/mol. The lowest BCUT2D eigenvalue weighted by molar-refractivity contribution is -0.383. The Morgan fingerprint density at radius 3 is 2.18 bits per heavy atom. The van der Waals surface area contributed by atoms with Gasteiger partial charge in [0.05, 0.1) is 4.92 Å². The van der Waals surface area contributed by atoms with E-state index in [1.807, 2.05) is 32.0 Å². The summed E-state index contributed by atoms with van der Waals surface area (Å²) < 4.78 is 0. The van der Waals surface area contributed by atoms with Crippen LogP contribution in [0, 0.1) is 24.0 Å². The van der Waals surface area contributed by atoms with Crippen LogP contribution < -0.4 is 10.6 Å². The molecule has 0 fully saturated rings. The van der Waals surface area contributed by atoms with Gasteiger partial charge in [-0.05, 0) is 56.2 Å². The molecule has 0 unspecified atom stereocenters. The predicted molar refractivity (Wildman–Crippen MR) is 108 cm³/mol. The van der Waals surface area contributed by atoms with Crippen molar-refractivity contribution in [2.45, 2.75) is 20.8 Å². The first-order valence-electron chi connectivity index (χ1n) is 8.57. The second kappa shape index (κ2) is 7.83. The van der Waals surface area contributed by atoms with Crippen LogP contribution >= 0.6 is 0 Å². The summed E-state index contributed by atoms with van der Waals surface area (Å²) in [6.45, 7) is 5.41. The normalized spacial score (nSPS) is 10.4. The highest BCUT2D eigenvalue weighted by Gasteiger charge is 2.23. The van der Waals surface area contributed by atoms with E-state index in [-0.39, 0.29) is 23.1 Å². The molecule has 0 aliphatic carbocycles. The number of nitrogens with one attached hydrogen (secondary N) is 2. The van der Waals surface area contributed by atoms with E-state index in [9.17, 15) is 14.9 Å². The SMILES string of the molecule is CC(=O)c1cccc(Nc2ncnc(Nc3ccc(C)c(C)c3)c2[N+](=O)[O-])c1. The zero-order chi connectivity index (χ0) is 20.3. The molecule has 0 aliphatic rings. The number of ketones is 1. The summed E-state index contributed by atoms with van der Waals surface area (Å²) in [5.74, 6) is 0.0124. The minimum Gasteiger partial charge on any atom is -0.334 e. The summed E-state index contributed by atoms with van der Waals surface area (Å²) >= 11 is 0. The molecule has 8 heteroatoms. The zero-order valence-corrected chi connectivity index (χ0v) is 15.7. The van der Waals surface area contributed by atoms with E-state index in [4.69, 9.17) is 0 Å². The Morgan fingerprint density at radius 1 is 0.964 bits per heavy atom. The van der Waals surface area contributed by atoms with E-state index in [1.54, 1.807) is 24.3 Å². The van der Waals surface area contributed by atoms with Crippen LogP contribution in [0.2, 0.25) is 0 Å². The Bertz CT molecular complexity index is 1070. The number of aromatic nitrogens is 2. The molecule has 0 bridgehead atoms. The molecule has 0 radical (unpaired) electrons. The Hall–Kier alpha value is -3.81. The summed E-state index contributed by atoms with van der Waals surface area (Å²) in [5, 5.41) is 17.6. The Morgan fingerprint density at radius 2 is 1.61 bits per heavy atom. The zero-order valence-electron chi connectivity index (χ0n) is 15.7. The highest BCUT2D eigenvalue weighted by molar-refractivity contribution is 5.95. The number of benzene rings is 2. The first-order chi connectivity index (χ1) is 13.3. The van der Waals surface area contributed by atoms with E-state index in [0.29, 0.717) is 16.9 Å².